The quantitative estimate of drug-likeness (QED) is 0.471. The van der Waals surface area contributed by atoms with Crippen LogP contribution in [0, 0.1) is 0 Å². The van der Waals surface area contributed by atoms with Crippen molar-refractivity contribution in [2.45, 2.75) is 18.2 Å². The molecular formula is C8H15NO3. The zero-order valence-electron chi connectivity index (χ0n) is 7.10. The number of hydrogen-bond acceptors (Lipinski definition) is 4. The van der Waals surface area contributed by atoms with E-state index in [1.54, 1.807) is 13.2 Å². The first kappa shape index (κ1) is 9.67. The highest BCUT2D eigenvalue weighted by Gasteiger charge is 2.29. The number of nitrogens with one attached hydrogen (secondary N) is 1. The lowest BCUT2D eigenvalue weighted by atomic mass is 10.1. The van der Waals surface area contributed by atoms with Gasteiger partial charge in [-0.25, -0.2) is 0 Å². The summed E-state index contributed by atoms with van der Waals surface area (Å²) >= 11 is 0. The van der Waals surface area contributed by atoms with E-state index in [4.69, 9.17) is 9.84 Å². The van der Waals surface area contributed by atoms with Crippen LogP contribution in [-0.4, -0.2) is 48.7 Å². The van der Waals surface area contributed by atoms with Crippen LogP contribution < -0.4 is 5.32 Å². The molecule has 1 rings (SSSR count). The van der Waals surface area contributed by atoms with E-state index in [0.717, 1.165) is 0 Å². The summed E-state index contributed by atoms with van der Waals surface area (Å²) < 4.78 is 5.10. The third-order valence-corrected chi connectivity index (χ3v) is 1.98. The topological polar surface area (TPSA) is 61.7 Å². The van der Waals surface area contributed by atoms with E-state index in [0.29, 0.717) is 6.54 Å². The SMILES string of the molecule is CO[C@H]1C=C[C@@H](O)[C@@H]1NCCO. The van der Waals surface area contributed by atoms with Crippen molar-refractivity contribution in [1.82, 2.24) is 5.32 Å². The van der Waals surface area contributed by atoms with Crippen molar-refractivity contribution < 1.29 is 14.9 Å². The summed E-state index contributed by atoms with van der Waals surface area (Å²) in [5.41, 5.74) is 0. The smallest absolute Gasteiger partial charge is 0.0934 e. The van der Waals surface area contributed by atoms with Gasteiger partial charge in [0.25, 0.3) is 0 Å². The molecule has 12 heavy (non-hydrogen) atoms. The molecule has 0 saturated heterocycles. The molecule has 0 aromatic rings. The van der Waals surface area contributed by atoms with E-state index in [9.17, 15) is 5.11 Å². The number of aliphatic hydroxyl groups is 2. The number of aliphatic hydroxyl groups excluding tert-OH is 2. The van der Waals surface area contributed by atoms with E-state index in [-0.39, 0.29) is 18.8 Å². The van der Waals surface area contributed by atoms with Crippen molar-refractivity contribution in [3.63, 3.8) is 0 Å². The zero-order valence-corrected chi connectivity index (χ0v) is 7.10. The fourth-order valence-electron chi connectivity index (χ4n) is 1.35. The van der Waals surface area contributed by atoms with E-state index >= 15 is 0 Å². The Hall–Kier alpha value is -0.420. The van der Waals surface area contributed by atoms with Gasteiger partial charge in [-0.3, -0.25) is 0 Å². The molecular weight excluding hydrogens is 158 g/mol. The minimum Gasteiger partial charge on any atom is -0.395 e. The molecule has 0 amide bonds. The lowest BCUT2D eigenvalue weighted by molar-refractivity contribution is 0.0659. The molecule has 3 atom stereocenters. The summed E-state index contributed by atoms with van der Waals surface area (Å²) in [6, 6.07) is -0.123. The lowest BCUT2D eigenvalue weighted by Crippen LogP contribution is -2.45. The van der Waals surface area contributed by atoms with E-state index in [1.165, 1.54) is 0 Å². The average molecular weight is 173 g/mol. The van der Waals surface area contributed by atoms with Gasteiger partial charge in [0.15, 0.2) is 0 Å². The largest absolute Gasteiger partial charge is 0.395 e. The molecule has 0 aliphatic heterocycles. The molecule has 0 aromatic heterocycles. The minimum absolute atomic E-state index is 0.0691. The summed E-state index contributed by atoms with van der Waals surface area (Å²) in [7, 11) is 1.60. The molecule has 70 valence electrons. The van der Waals surface area contributed by atoms with Crippen LogP contribution in [0.15, 0.2) is 12.2 Å². The van der Waals surface area contributed by atoms with Gasteiger partial charge in [-0.2, -0.15) is 0 Å². The third-order valence-electron chi connectivity index (χ3n) is 1.98. The molecule has 0 heterocycles. The van der Waals surface area contributed by atoms with Crippen LogP contribution in [-0.2, 0) is 4.74 Å². The van der Waals surface area contributed by atoms with Crippen molar-refractivity contribution in [3.8, 4) is 0 Å². The molecule has 0 unspecified atom stereocenters. The van der Waals surface area contributed by atoms with Gasteiger partial charge in [-0.05, 0) is 0 Å². The van der Waals surface area contributed by atoms with Crippen molar-refractivity contribution >= 4 is 0 Å². The maximum Gasteiger partial charge on any atom is 0.0934 e. The number of rotatable bonds is 4. The number of methoxy groups -OCH3 is 1. The van der Waals surface area contributed by atoms with Gasteiger partial charge in [0, 0.05) is 13.7 Å². The number of ether oxygens (including phenoxy) is 1. The fourth-order valence-corrected chi connectivity index (χ4v) is 1.35. The second-order valence-electron chi connectivity index (χ2n) is 2.78. The van der Waals surface area contributed by atoms with E-state index < -0.39 is 6.10 Å². The zero-order chi connectivity index (χ0) is 8.97. The predicted molar refractivity (Wildman–Crippen MR) is 44.8 cm³/mol. The van der Waals surface area contributed by atoms with E-state index in [2.05, 4.69) is 5.32 Å². The molecule has 4 nitrogen and oxygen atoms in total. The second-order valence-corrected chi connectivity index (χ2v) is 2.78. The number of hydrogen-bond donors (Lipinski definition) is 3. The second kappa shape index (κ2) is 4.57. The van der Waals surface area contributed by atoms with Gasteiger partial charge in [0.2, 0.25) is 0 Å². The van der Waals surface area contributed by atoms with Crippen LogP contribution >= 0.6 is 0 Å². The summed E-state index contributed by atoms with van der Waals surface area (Å²) in [5, 5.41) is 21.0. The lowest BCUT2D eigenvalue weighted by Gasteiger charge is -2.21. The van der Waals surface area contributed by atoms with Crippen LogP contribution in [0.25, 0.3) is 0 Å². The average Bonchev–Trinajstić information content (AvgIpc) is 2.43. The Morgan fingerprint density at radius 1 is 1.50 bits per heavy atom. The van der Waals surface area contributed by atoms with Gasteiger partial charge >= 0.3 is 0 Å². The first-order valence-electron chi connectivity index (χ1n) is 4.03. The molecule has 0 saturated carbocycles. The van der Waals surface area contributed by atoms with Crippen LogP contribution in [0.5, 0.6) is 0 Å². The molecule has 0 bridgehead atoms. The van der Waals surface area contributed by atoms with Crippen molar-refractivity contribution in [1.29, 1.82) is 0 Å². The Morgan fingerprint density at radius 3 is 2.83 bits per heavy atom. The Labute approximate surface area is 71.9 Å². The summed E-state index contributed by atoms with van der Waals surface area (Å²) in [5.74, 6) is 0. The van der Waals surface area contributed by atoms with Crippen molar-refractivity contribution in [2.24, 2.45) is 0 Å². The molecule has 1 aliphatic rings. The maximum absolute atomic E-state index is 9.41. The molecule has 0 spiro atoms. The molecule has 0 aromatic carbocycles. The van der Waals surface area contributed by atoms with Crippen molar-refractivity contribution in [2.75, 3.05) is 20.3 Å². The first-order chi connectivity index (χ1) is 5.79. The van der Waals surface area contributed by atoms with Gasteiger partial charge in [-0.1, -0.05) is 12.2 Å². The van der Waals surface area contributed by atoms with Crippen LogP contribution in [0.3, 0.4) is 0 Å². The molecule has 0 radical (unpaired) electrons. The van der Waals surface area contributed by atoms with E-state index in [1.807, 2.05) is 6.08 Å². The Balaban J connectivity index is 2.39. The van der Waals surface area contributed by atoms with Crippen LogP contribution in [0.1, 0.15) is 0 Å². The Bertz CT molecular complexity index is 160. The highest BCUT2D eigenvalue weighted by molar-refractivity contribution is 5.12. The van der Waals surface area contributed by atoms with Crippen molar-refractivity contribution in [3.05, 3.63) is 12.2 Å². The Morgan fingerprint density at radius 2 is 2.25 bits per heavy atom. The Kier molecular flexibility index (Phi) is 3.68. The summed E-state index contributed by atoms with van der Waals surface area (Å²) in [6.45, 7) is 0.545. The molecule has 0 fully saturated rings. The minimum atomic E-state index is -0.513. The third kappa shape index (κ3) is 2.04. The van der Waals surface area contributed by atoms with Crippen LogP contribution in [0.2, 0.25) is 0 Å². The van der Waals surface area contributed by atoms with Gasteiger partial charge in [0.05, 0.1) is 24.9 Å². The monoisotopic (exact) mass is 173 g/mol. The molecule has 4 heteroatoms. The summed E-state index contributed by atoms with van der Waals surface area (Å²) in [6.07, 6.45) is 2.91. The van der Waals surface area contributed by atoms with Gasteiger partial charge < -0.3 is 20.3 Å². The maximum atomic E-state index is 9.41. The predicted octanol–water partition coefficient (Wildman–Crippen LogP) is -1.12. The molecule has 3 N–H and O–H groups in total. The van der Waals surface area contributed by atoms with Gasteiger partial charge in [-0.15, -0.1) is 0 Å². The molecule has 1 aliphatic carbocycles. The fraction of sp³-hybridized carbons (Fsp3) is 0.750. The first-order valence-corrected chi connectivity index (χ1v) is 4.03. The highest BCUT2D eigenvalue weighted by atomic mass is 16.5. The van der Waals surface area contributed by atoms with Crippen LogP contribution in [0.4, 0.5) is 0 Å². The highest BCUT2D eigenvalue weighted by Crippen LogP contribution is 2.14. The van der Waals surface area contributed by atoms with Gasteiger partial charge in [0.1, 0.15) is 0 Å². The normalized spacial score (nSPS) is 34.4. The summed E-state index contributed by atoms with van der Waals surface area (Å²) in [4.78, 5) is 0. The standard InChI is InChI=1S/C8H15NO3/c1-12-7-3-2-6(11)8(7)9-4-5-10/h2-3,6-11H,4-5H2,1H3/t6-,7+,8+/m1/s1.